The molecule has 3 aromatic heterocycles. The van der Waals surface area contributed by atoms with Crippen molar-refractivity contribution in [2.75, 3.05) is 5.73 Å². The molecule has 0 saturated heterocycles. The van der Waals surface area contributed by atoms with Gasteiger partial charge in [0.15, 0.2) is 0 Å². The van der Waals surface area contributed by atoms with Gasteiger partial charge in [0.2, 0.25) is 0 Å². The Morgan fingerprint density at radius 2 is 2.00 bits per heavy atom. The maximum atomic E-state index is 14.3. The Bertz CT molecular complexity index is 1590. The van der Waals surface area contributed by atoms with Gasteiger partial charge in [-0.3, -0.25) is 10.1 Å². The number of aromatic nitrogens is 5. The van der Waals surface area contributed by atoms with Crippen LogP contribution < -0.4 is 5.73 Å². The molecule has 7 nitrogen and oxygen atoms in total. The Morgan fingerprint density at radius 1 is 1.12 bits per heavy atom. The van der Waals surface area contributed by atoms with E-state index >= 15 is 0 Å². The first-order chi connectivity index (χ1) is 16.1. The van der Waals surface area contributed by atoms with Crippen molar-refractivity contribution < 1.29 is 4.39 Å². The number of nitrogens with zero attached hydrogens (tertiary/aromatic N) is 5. The molecule has 0 radical (unpaired) electrons. The molecular formula is C25H20FN7. The number of H-pyrrole nitrogens is 1. The molecule has 0 spiro atoms. The second-order valence-corrected chi connectivity index (χ2v) is 8.19. The maximum Gasteiger partial charge on any atom is 0.146 e. The Balaban J connectivity index is 1.41. The summed E-state index contributed by atoms with van der Waals surface area (Å²) in [5, 5.41) is 8.91. The SMILES string of the molecule is CC(C1=CN=C(c2ccccc2F)C1)n1cc(-c2ccc3[nH]ncc3c2)c2c(N)ncnc21. The topological polar surface area (TPSA) is 97.8 Å². The number of aromatic amines is 1. The third-order valence-corrected chi connectivity index (χ3v) is 6.29. The Kier molecular flexibility index (Phi) is 4.33. The van der Waals surface area contributed by atoms with Gasteiger partial charge in [-0.15, -0.1) is 0 Å². The van der Waals surface area contributed by atoms with Crippen LogP contribution in [0.5, 0.6) is 0 Å². The third-order valence-electron chi connectivity index (χ3n) is 6.29. The van der Waals surface area contributed by atoms with Gasteiger partial charge in [-0.2, -0.15) is 5.10 Å². The molecule has 0 saturated carbocycles. The normalized spacial score (nSPS) is 14.6. The van der Waals surface area contributed by atoms with Crippen molar-refractivity contribution in [2.24, 2.45) is 4.99 Å². The van der Waals surface area contributed by atoms with E-state index in [1.54, 1.807) is 18.3 Å². The smallest absolute Gasteiger partial charge is 0.146 e. The van der Waals surface area contributed by atoms with Crippen molar-refractivity contribution >= 4 is 33.5 Å². The fourth-order valence-electron chi connectivity index (χ4n) is 4.47. The van der Waals surface area contributed by atoms with Crippen LogP contribution in [0.1, 0.15) is 24.9 Å². The predicted molar refractivity (Wildman–Crippen MR) is 127 cm³/mol. The molecule has 0 bridgehead atoms. The zero-order valence-electron chi connectivity index (χ0n) is 17.8. The van der Waals surface area contributed by atoms with Crippen LogP contribution in [-0.2, 0) is 0 Å². The fourth-order valence-corrected chi connectivity index (χ4v) is 4.47. The zero-order valence-corrected chi connectivity index (χ0v) is 17.8. The standard InChI is InChI=1S/C25H20FN7/c1-14(16-9-22(28-10-16)18-4-2-3-5-20(18)26)33-12-19(23-24(27)29-13-30-25(23)33)15-6-7-21-17(8-15)11-31-32-21/h2-8,10-14H,9H2,1H3,(H,31,32)(H2,27,29,30). The van der Waals surface area contributed by atoms with Gasteiger partial charge in [-0.25, -0.2) is 14.4 Å². The monoisotopic (exact) mass is 437 g/mol. The van der Waals surface area contributed by atoms with Crippen molar-refractivity contribution in [3.63, 3.8) is 0 Å². The lowest BCUT2D eigenvalue weighted by molar-refractivity contribution is 0.623. The molecule has 6 rings (SSSR count). The number of allylic oxidation sites excluding steroid dienone is 1. The summed E-state index contributed by atoms with van der Waals surface area (Å²) in [6, 6.07) is 12.8. The summed E-state index contributed by atoms with van der Waals surface area (Å²) in [4.78, 5) is 13.3. The number of nitrogen functional groups attached to an aromatic ring is 1. The molecule has 1 unspecified atom stereocenters. The van der Waals surface area contributed by atoms with Crippen molar-refractivity contribution in [1.29, 1.82) is 0 Å². The van der Waals surface area contributed by atoms with E-state index in [0.717, 1.165) is 44.3 Å². The van der Waals surface area contributed by atoms with E-state index in [0.29, 0.717) is 17.8 Å². The number of fused-ring (bicyclic) bond motifs is 2. The third kappa shape index (κ3) is 3.10. The van der Waals surface area contributed by atoms with Gasteiger partial charge < -0.3 is 10.3 Å². The van der Waals surface area contributed by atoms with E-state index in [1.807, 2.05) is 24.4 Å². The van der Waals surface area contributed by atoms with Crippen molar-refractivity contribution in [3.05, 3.63) is 84.3 Å². The number of nitrogens with two attached hydrogens (primary N) is 1. The van der Waals surface area contributed by atoms with Crippen LogP contribution in [0.15, 0.2) is 78.0 Å². The molecule has 33 heavy (non-hydrogen) atoms. The molecule has 1 aliphatic heterocycles. The number of rotatable bonds is 4. The quantitative estimate of drug-likeness (QED) is 0.412. The summed E-state index contributed by atoms with van der Waals surface area (Å²) in [6.45, 7) is 2.09. The lowest BCUT2D eigenvalue weighted by Gasteiger charge is -2.16. The molecule has 0 aliphatic carbocycles. The lowest BCUT2D eigenvalue weighted by Crippen LogP contribution is -2.10. The second kappa shape index (κ2) is 7.37. The van der Waals surface area contributed by atoms with Crippen LogP contribution in [0.3, 0.4) is 0 Å². The van der Waals surface area contributed by atoms with E-state index in [1.165, 1.54) is 12.4 Å². The van der Waals surface area contributed by atoms with E-state index in [-0.39, 0.29) is 11.9 Å². The van der Waals surface area contributed by atoms with Crippen molar-refractivity contribution in [1.82, 2.24) is 24.7 Å². The van der Waals surface area contributed by atoms with Crippen LogP contribution in [0.4, 0.5) is 10.2 Å². The Hall–Kier alpha value is -4.33. The lowest BCUT2D eigenvalue weighted by atomic mass is 10.0. The van der Waals surface area contributed by atoms with Gasteiger partial charge in [0.1, 0.15) is 23.6 Å². The van der Waals surface area contributed by atoms with Gasteiger partial charge in [-0.05, 0) is 36.3 Å². The number of anilines is 1. The van der Waals surface area contributed by atoms with Gasteiger partial charge in [0.05, 0.1) is 28.9 Å². The highest BCUT2D eigenvalue weighted by molar-refractivity contribution is 6.04. The zero-order chi connectivity index (χ0) is 22.5. The van der Waals surface area contributed by atoms with Gasteiger partial charge in [-0.1, -0.05) is 24.3 Å². The van der Waals surface area contributed by atoms with Crippen molar-refractivity contribution in [2.45, 2.75) is 19.4 Å². The van der Waals surface area contributed by atoms with E-state index in [4.69, 9.17) is 5.73 Å². The van der Waals surface area contributed by atoms with E-state index in [9.17, 15) is 4.39 Å². The first-order valence-electron chi connectivity index (χ1n) is 10.6. The highest BCUT2D eigenvalue weighted by Crippen LogP contribution is 2.38. The molecule has 4 heterocycles. The highest BCUT2D eigenvalue weighted by atomic mass is 19.1. The highest BCUT2D eigenvalue weighted by Gasteiger charge is 2.24. The van der Waals surface area contributed by atoms with Crippen LogP contribution in [0.25, 0.3) is 33.1 Å². The molecule has 1 atom stereocenters. The van der Waals surface area contributed by atoms with Gasteiger partial charge in [0, 0.05) is 35.3 Å². The minimum absolute atomic E-state index is 0.0544. The Morgan fingerprint density at radius 3 is 2.88 bits per heavy atom. The minimum Gasteiger partial charge on any atom is -0.383 e. The summed E-state index contributed by atoms with van der Waals surface area (Å²) in [7, 11) is 0. The summed E-state index contributed by atoms with van der Waals surface area (Å²) in [6.07, 6.45) is 7.74. The maximum absolute atomic E-state index is 14.3. The second-order valence-electron chi connectivity index (χ2n) is 8.19. The number of aliphatic imine (C=N–C) groups is 1. The molecule has 162 valence electrons. The molecule has 2 aromatic carbocycles. The molecule has 1 aliphatic rings. The molecular weight excluding hydrogens is 417 g/mol. The molecule has 0 amide bonds. The summed E-state index contributed by atoms with van der Waals surface area (Å²) >= 11 is 0. The summed E-state index contributed by atoms with van der Waals surface area (Å²) in [5.74, 6) is 0.166. The average molecular weight is 437 g/mol. The molecule has 5 aromatic rings. The van der Waals surface area contributed by atoms with Crippen molar-refractivity contribution in [3.8, 4) is 11.1 Å². The molecule has 8 heteroatoms. The van der Waals surface area contributed by atoms with Gasteiger partial charge >= 0.3 is 0 Å². The largest absolute Gasteiger partial charge is 0.383 e. The van der Waals surface area contributed by atoms with Crippen LogP contribution in [0.2, 0.25) is 0 Å². The van der Waals surface area contributed by atoms with Crippen LogP contribution >= 0.6 is 0 Å². The number of hydrogen-bond acceptors (Lipinski definition) is 5. The first kappa shape index (κ1) is 19.4. The molecule has 3 N–H and O–H groups in total. The van der Waals surface area contributed by atoms with Crippen LogP contribution in [0, 0.1) is 5.82 Å². The fraction of sp³-hybridized carbons (Fsp3) is 0.120. The number of hydrogen-bond donors (Lipinski definition) is 2. The van der Waals surface area contributed by atoms with E-state index in [2.05, 4.69) is 48.9 Å². The number of halogens is 1. The minimum atomic E-state index is -0.262. The van der Waals surface area contributed by atoms with Gasteiger partial charge in [0.25, 0.3) is 0 Å². The summed E-state index contributed by atoms with van der Waals surface area (Å²) in [5.41, 5.74) is 12.3. The average Bonchev–Trinajstić information content (AvgIpc) is 3.57. The van der Waals surface area contributed by atoms with E-state index < -0.39 is 0 Å². The first-order valence-corrected chi connectivity index (χ1v) is 10.6. The molecule has 0 fully saturated rings. The number of nitrogens with one attached hydrogen (secondary N) is 1. The Labute approximate surface area is 188 Å². The summed E-state index contributed by atoms with van der Waals surface area (Å²) < 4.78 is 16.4. The van der Waals surface area contributed by atoms with Crippen LogP contribution in [-0.4, -0.2) is 30.4 Å². The predicted octanol–water partition coefficient (Wildman–Crippen LogP) is 5.03. The number of benzene rings is 2.